The van der Waals surface area contributed by atoms with Crippen molar-refractivity contribution in [2.24, 2.45) is 0 Å². The molecule has 38 heavy (non-hydrogen) atoms. The van der Waals surface area contributed by atoms with Crippen molar-refractivity contribution in [1.82, 2.24) is 5.32 Å². The van der Waals surface area contributed by atoms with Crippen LogP contribution in [0.3, 0.4) is 0 Å². The average Bonchev–Trinajstić information content (AvgIpc) is 2.92. The molecular formula is C33H33NO4. The van der Waals surface area contributed by atoms with Gasteiger partial charge in [0.15, 0.2) is 5.78 Å². The summed E-state index contributed by atoms with van der Waals surface area (Å²) in [7, 11) is 0. The third-order valence-corrected chi connectivity index (χ3v) is 7.13. The first kappa shape index (κ1) is 25.5. The zero-order valence-electron chi connectivity index (χ0n) is 22.1. The van der Waals surface area contributed by atoms with E-state index in [1.54, 1.807) is 0 Å². The monoisotopic (exact) mass is 507 g/mol. The summed E-state index contributed by atoms with van der Waals surface area (Å²) in [5, 5.41) is 3.43. The molecule has 0 amide bonds. The van der Waals surface area contributed by atoms with Crippen molar-refractivity contribution in [2.75, 3.05) is 0 Å². The maximum absolute atomic E-state index is 13.9. The highest BCUT2D eigenvalue weighted by Crippen LogP contribution is 2.47. The number of rotatable bonds is 7. The van der Waals surface area contributed by atoms with E-state index in [0.717, 1.165) is 22.4 Å². The molecule has 1 aliphatic heterocycles. The van der Waals surface area contributed by atoms with Gasteiger partial charge in [-0.05, 0) is 50.3 Å². The van der Waals surface area contributed by atoms with Crippen LogP contribution in [0.15, 0.2) is 107 Å². The van der Waals surface area contributed by atoms with Gasteiger partial charge in [-0.2, -0.15) is 0 Å². The predicted octanol–water partition coefficient (Wildman–Crippen LogP) is 6.58. The number of benzene rings is 3. The van der Waals surface area contributed by atoms with E-state index in [9.17, 15) is 9.59 Å². The zero-order chi connectivity index (χ0) is 26.6. The number of carbonyl (C=O) groups excluding carboxylic acids is 2. The van der Waals surface area contributed by atoms with E-state index in [4.69, 9.17) is 9.47 Å². The van der Waals surface area contributed by atoms with Crippen molar-refractivity contribution < 1.29 is 19.1 Å². The smallest absolute Gasteiger partial charge is 0.337 e. The normalized spacial score (nSPS) is 19.2. The summed E-state index contributed by atoms with van der Waals surface area (Å²) in [4.78, 5) is 27.3. The number of para-hydroxylation sites is 1. The molecule has 5 rings (SSSR count). The lowest BCUT2D eigenvalue weighted by atomic mass is 9.71. The van der Waals surface area contributed by atoms with E-state index >= 15 is 0 Å². The number of hydrogen-bond acceptors (Lipinski definition) is 5. The maximum Gasteiger partial charge on any atom is 0.337 e. The van der Waals surface area contributed by atoms with Gasteiger partial charge >= 0.3 is 5.97 Å². The van der Waals surface area contributed by atoms with E-state index in [1.807, 2.05) is 93.6 Å². The molecule has 1 heterocycles. The Morgan fingerprint density at radius 3 is 2.29 bits per heavy atom. The molecule has 0 spiro atoms. The van der Waals surface area contributed by atoms with Gasteiger partial charge in [0.05, 0.1) is 17.6 Å². The summed E-state index contributed by atoms with van der Waals surface area (Å²) in [6, 6.07) is 27.8. The number of ketones is 1. The van der Waals surface area contributed by atoms with Gasteiger partial charge in [-0.15, -0.1) is 0 Å². The first-order chi connectivity index (χ1) is 18.4. The molecule has 0 unspecified atom stereocenters. The van der Waals surface area contributed by atoms with Gasteiger partial charge in [0.25, 0.3) is 0 Å². The molecule has 3 aromatic carbocycles. The Morgan fingerprint density at radius 1 is 0.921 bits per heavy atom. The largest absolute Gasteiger partial charge is 0.489 e. The molecule has 1 aliphatic carbocycles. The average molecular weight is 508 g/mol. The second-order valence-electron chi connectivity index (χ2n) is 10.2. The van der Waals surface area contributed by atoms with Crippen molar-refractivity contribution in [1.29, 1.82) is 0 Å². The fourth-order valence-electron chi connectivity index (χ4n) is 5.44. The van der Waals surface area contributed by atoms with Crippen LogP contribution in [0.4, 0.5) is 0 Å². The number of Topliss-reactive ketones (excluding diaryl/α,β-unsaturated/α-hetero) is 1. The predicted molar refractivity (Wildman–Crippen MR) is 147 cm³/mol. The molecular weight excluding hydrogens is 474 g/mol. The minimum absolute atomic E-state index is 0.0396. The molecule has 194 valence electrons. The maximum atomic E-state index is 13.9. The Morgan fingerprint density at radius 2 is 1.58 bits per heavy atom. The van der Waals surface area contributed by atoms with E-state index in [-0.39, 0.29) is 17.8 Å². The van der Waals surface area contributed by atoms with E-state index in [1.165, 1.54) is 0 Å². The van der Waals surface area contributed by atoms with E-state index in [0.29, 0.717) is 42.0 Å². The van der Waals surface area contributed by atoms with Crippen LogP contribution in [0.25, 0.3) is 0 Å². The van der Waals surface area contributed by atoms with Crippen molar-refractivity contribution in [3.05, 3.63) is 124 Å². The van der Waals surface area contributed by atoms with Gasteiger partial charge in [0.2, 0.25) is 0 Å². The van der Waals surface area contributed by atoms with Gasteiger partial charge in [0, 0.05) is 29.0 Å². The Kier molecular flexibility index (Phi) is 7.45. The van der Waals surface area contributed by atoms with Crippen molar-refractivity contribution in [3.63, 3.8) is 0 Å². The summed E-state index contributed by atoms with van der Waals surface area (Å²) in [6.45, 7) is 5.93. The van der Waals surface area contributed by atoms with E-state index < -0.39 is 11.9 Å². The van der Waals surface area contributed by atoms with Crippen LogP contribution >= 0.6 is 0 Å². The molecule has 3 aromatic rings. The van der Waals surface area contributed by atoms with Gasteiger partial charge < -0.3 is 14.8 Å². The van der Waals surface area contributed by atoms with Crippen molar-refractivity contribution in [3.8, 4) is 5.75 Å². The number of esters is 1. The van der Waals surface area contributed by atoms with Crippen LogP contribution in [0.5, 0.6) is 5.75 Å². The van der Waals surface area contributed by atoms with Crippen LogP contribution in [-0.2, 0) is 20.9 Å². The molecule has 2 atom stereocenters. The number of nitrogens with one attached hydrogen (secondary N) is 1. The molecule has 0 fully saturated rings. The molecule has 0 saturated carbocycles. The van der Waals surface area contributed by atoms with Crippen molar-refractivity contribution >= 4 is 11.8 Å². The number of carbonyl (C=O) groups is 2. The highest BCUT2D eigenvalue weighted by molar-refractivity contribution is 6.04. The fraction of sp³-hybridized carbons (Fsp3) is 0.273. The topological polar surface area (TPSA) is 64.6 Å². The Bertz CT molecular complexity index is 1390. The number of allylic oxidation sites excluding steroid dienone is 3. The van der Waals surface area contributed by atoms with Crippen LogP contribution < -0.4 is 10.1 Å². The first-order valence-corrected chi connectivity index (χ1v) is 13.2. The molecule has 2 aliphatic rings. The molecule has 0 radical (unpaired) electrons. The molecule has 5 heteroatoms. The zero-order valence-corrected chi connectivity index (χ0v) is 22.1. The summed E-state index contributed by atoms with van der Waals surface area (Å²) in [5.74, 6) is -0.225. The van der Waals surface area contributed by atoms with Gasteiger partial charge in [-0.25, -0.2) is 4.79 Å². The lowest BCUT2D eigenvalue weighted by Crippen LogP contribution is -2.36. The van der Waals surface area contributed by atoms with Crippen LogP contribution in [0.1, 0.15) is 62.1 Å². The number of hydrogen-bond donors (Lipinski definition) is 1. The lowest BCUT2D eigenvalue weighted by Gasteiger charge is -2.37. The fourth-order valence-corrected chi connectivity index (χ4v) is 5.44. The molecule has 1 N–H and O–H groups in total. The minimum atomic E-state index is -0.575. The lowest BCUT2D eigenvalue weighted by molar-refractivity contribution is -0.143. The summed E-state index contributed by atoms with van der Waals surface area (Å²) in [5.41, 5.74) is 5.64. The Balaban J connectivity index is 1.58. The van der Waals surface area contributed by atoms with Crippen LogP contribution in [0, 0.1) is 0 Å². The highest BCUT2D eigenvalue weighted by atomic mass is 16.5. The van der Waals surface area contributed by atoms with Crippen LogP contribution in [0.2, 0.25) is 0 Å². The SMILES string of the molecule is CC1=C(C(=O)OC(C)C)[C@H](c2ccccc2OCc2ccccc2)C2=C(C[C@@H](c3ccccc3)CC2=O)N1. The molecule has 5 nitrogen and oxygen atoms in total. The molecule has 0 aromatic heterocycles. The Labute approximate surface area is 224 Å². The highest BCUT2D eigenvalue weighted by Gasteiger charge is 2.42. The minimum Gasteiger partial charge on any atom is -0.489 e. The van der Waals surface area contributed by atoms with Crippen molar-refractivity contribution in [2.45, 2.75) is 58.2 Å². The number of ether oxygens (including phenoxy) is 2. The van der Waals surface area contributed by atoms with Gasteiger partial charge in [-0.1, -0.05) is 78.9 Å². The van der Waals surface area contributed by atoms with Crippen LogP contribution in [-0.4, -0.2) is 17.9 Å². The number of dihydropyridines is 1. The standard InChI is InChI=1S/C33H33NO4/c1-21(2)38-33(36)30-22(3)34-27-18-25(24-14-8-5-9-15-24)19-28(35)32(27)31(30)26-16-10-11-17-29(26)37-20-23-12-6-4-7-13-23/h4-17,21,25,31,34H,18-20H2,1-3H3/t25-,31+/m1/s1. The quantitative estimate of drug-likeness (QED) is 0.366. The summed E-state index contributed by atoms with van der Waals surface area (Å²) < 4.78 is 12.0. The summed E-state index contributed by atoms with van der Waals surface area (Å²) in [6.07, 6.45) is 0.797. The second-order valence-corrected chi connectivity index (χ2v) is 10.2. The second kappa shape index (κ2) is 11.1. The first-order valence-electron chi connectivity index (χ1n) is 13.2. The third-order valence-electron chi connectivity index (χ3n) is 7.13. The molecule has 0 bridgehead atoms. The van der Waals surface area contributed by atoms with Gasteiger partial charge in [0.1, 0.15) is 12.4 Å². The Hall–Kier alpha value is -4.12. The van der Waals surface area contributed by atoms with Gasteiger partial charge in [-0.3, -0.25) is 4.79 Å². The summed E-state index contributed by atoms with van der Waals surface area (Å²) >= 11 is 0. The van der Waals surface area contributed by atoms with E-state index in [2.05, 4.69) is 17.4 Å². The third kappa shape index (κ3) is 5.28. The molecule has 0 saturated heterocycles.